The van der Waals surface area contributed by atoms with E-state index in [1.165, 1.54) is 24.3 Å². The molecule has 2 rings (SSSR count). The molecule has 1 fully saturated rings. The first kappa shape index (κ1) is 11.3. The highest BCUT2D eigenvalue weighted by molar-refractivity contribution is 5.97. The second-order valence-electron chi connectivity index (χ2n) is 3.75. The van der Waals surface area contributed by atoms with E-state index in [9.17, 15) is 19.7 Å². The normalized spacial score (nSPS) is 19.9. The molecule has 1 aliphatic rings. The Hall–Kier alpha value is -2.24. The van der Waals surface area contributed by atoms with Gasteiger partial charge >= 0.3 is 5.97 Å². The fraction of sp³-hybridized carbons (Fsp3) is 0.273. The third-order valence-electron chi connectivity index (χ3n) is 2.50. The molecule has 0 N–H and O–H groups in total. The number of hydrogen-bond donors (Lipinski definition) is 0. The van der Waals surface area contributed by atoms with Gasteiger partial charge in [-0.1, -0.05) is 0 Å². The van der Waals surface area contributed by atoms with Gasteiger partial charge in [-0.15, -0.1) is 0 Å². The van der Waals surface area contributed by atoms with Gasteiger partial charge < -0.3 is 4.74 Å². The first-order valence-corrected chi connectivity index (χ1v) is 5.02. The summed E-state index contributed by atoms with van der Waals surface area (Å²) < 4.78 is 5.01. The Balaban J connectivity index is 2.19. The van der Waals surface area contributed by atoms with Crippen molar-refractivity contribution >= 4 is 17.4 Å². The third-order valence-corrected chi connectivity index (χ3v) is 2.50. The molecule has 0 aromatic heterocycles. The van der Waals surface area contributed by atoms with Gasteiger partial charge in [0.25, 0.3) is 5.69 Å². The number of rotatable bonds is 2. The van der Waals surface area contributed by atoms with Crippen molar-refractivity contribution in [3.05, 3.63) is 39.9 Å². The molecule has 1 saturated heterocycles. The Labute approximate surface area is 96.3 Å². The first-order chi connectivity index (χ1) is 8.06. The molecular formula is C11H9NO5. The van der Waals surface area contributed by atoms with Gasteiger partial charge in [0.1, 0.15) is 18.3 Å². The first-order valence-electron chi connectivity index (χ1n) is 5.02. The molecule has 6 heteroatoms. The Morgan fingerprint density at radius 2 is 1.88 bits per heavy atom. The molecular weight excluding hydrogens is 226 g/mol. The summed E-state index contributed by atoms with van der Waals surface area (Å²) in [6.07, 6.45) is -0.683. The second-order valence-corrected chi connectivity index (χ2v) is 3.75. The van der Waals surface area contributed by atoms with Crippen LogP contribution in [0.4, 0.5) is 5.69 Å². The van der Waals surface area contributed by atoms with Crippen LogP contribution in [0.15, 0.2) is 24.3 Å². The van der Waals surface area contributed by atoms with E-state index in [4.69, 9.17) is 4.74 Å². The minimum Gasteiger partial charge on any atom is -0.457 e. The van der Waals surface area contributed by atoms with Crippen LogP contribution < -0.4 is 0 Å². The summed E-state index contributed by atoms with van der Waals surface area (Å²) in [5.41, 5.74) is 0.555. The highest BCUT2D eigenvalue weighted by Crippen LogP contribution is 2.27. The minimum absolute atomic E-state index is 0.0396. The largest absolute Gasteiger partial charge is 0.457 e. The van der Waals surface area contributed by atoms with Crippen LogP contribution in [0.2, 0.25) is 0 Å². The molecule has 6 nitrogen and oxygen atoms in total. The van der Waals surface area contributed by atoms with Gasteiger partial charge in [-0.2, -0.15) is 0 Å². The van der Waals surface area contributed by atoms with Gasteiger partial charge in [0.2, 0.25) is 0 Å². The Bertz CT molecular complexity index is 463. The molecule has 0 aliphatic carbocycles. The van der Waals surface area contributed by atoms with E-state index in [1.54, 1.807) is 0 Å². The molecule has 17 heavy (non-hydrogen) atoms. The van der Waals surface area contributed by atoms with Crippen LogP contribution in [-0.4, -0.2) is 16.7 Å². The molecule has 0 bridgehead atoms. The van der Waals surface area contributed by atoms with Gasteiger partial charge in [-0.25, -0.2) is 0 Å². The summed E-state index contributed by atoms with van der Waals surface area (Å²) in [7, 11) is 0. The maximum atomic E-state index is 11.2. The Morgan fingerprint density at radius 3 is 2.41 bits per heavy atom. The summed E-state index contributed by atoms with van der Waals surface area (Å²) in [4.78, 5) is 32.3. The van der Waals surface area contributed by atoms with Crippen LogP contribution >= 0.6 is 0 Å². The average molecular weight is 235 g/mol. The number of non-ortho nitro benzene ring substituents is 1. The summed E-state index contributed by atoms with van der Waals surface area (Å²) in [5.74, 6) is -0.728. The fourth-order valence-electron chi connectivity index (χ4n) is 1.68. The summed E-state index contributed by atoms with van der Waals surface area (Å²) in [6, 6.07) is 5.63. The number of hydrogen-bond acceptors (Lipinski definition) is 5. The zero-order valence-corrected chi connectivity index (χ0v) is 8.79. The van der Waals surface area contributed by atoms with Gasteiger partial charge in [0, 0.05) is 18.6 Å². The predicted octanol–water partition coefficient (Wildman–Crippen LogP) is 1.54. The molecule has 0 radical (unpaired) electrons. The number of ketones is 1. The van der Waals surface area contributed by atoms with E-state index < -0.39 is 17.0 Å². The van der Waals surface area contributed by atoms with Crippen LogP contribution in [0.3, 0.4) is 0 Å². The zero-order chi connectivity index (χ0) is 12.4. The second kappa shape index (κ2) is 4.32. The van der Waals surface area contributed by atoms with Crippen molar-refractivity contribution in [2.24, 2.45) is 0 Å². The van der Waals surface area contributed by atoms with Gasteiger partial charge in [0.15, 0.2) is 0 Å². The van der Waals surface area contributed by atoms with Gasteiger partial charge in [-0.05, 0) is 17.7 Å². The quantitative estimate of drug-likeness (QED) is 0.336. The maximum Gasteiger partial charge on any atom is 0.313 e. The molecule has 0 spiro atoms. The summed E-state index contributed by atoms with van der Waals surface area (Å²) in [5, 5.41) is 10.5. The van der Waals surface area contributed by atoms with Crippen molar-refractivity contribution in [3.8, 4) is 0 Å². The van der Waals surface area contributed by atoms with Crippen LogP contribution in [-0.2, 0) is 14.3 Å². The molecule has 0 amide bonds. The number of nitro groups is 1. The zero-order valence-electron chi connectivity index (χ0n) is 8.79. The number of carbonyl (C=O) groups excluding carboxylic acids is 2. The molecule has 88 valence electrons. The van der Waals surface area contributed by atoms with Gasteiger partial charge in [0.05, 0.1) is 4.92 Å². The lowest BCUT2D eigenvalue weighted by Crippen LogP contribution is -2.24. The van der Waals surface area contributed by atoms with Crippen molar-refractivity contribution in [2.75, 3.05) is 0 Å². The van der Waals surface area contributed by atoms with Crippen molar-refractivity contribution in [1.82, 2.24) is 0 Å². The number of esters is 1. The number of Topliss-reactive ketones (excluding diaryl/α,β-unsaturated/α-hetero) is 1. The Kier molecular flexibility index (Phi) is 2.86. The Morgan fingerprint density at radius 1 is 1.24 bits per heavy atom. The number of cyclic esters (lactones) is 1. The van der Waals surface area contributed by atoms with E-state index in [0.29, 0.717) is 5.56 Å². The van der Waals surface area contributed by atoms with E-state index in [1.807, 2.05) is 0 Å². The third kappa shape index (κ3) is 2.47. The molecule has 1 aliphatic heterocycles. The molecule has 0 saturated carbocycles. The van der Waals surface area contributed by atoms with Crippen LogP contribution in [0.5, 0.6) is 0 Å². The molecule has 1 aromatic carbocycles. The number of ether oxygens (including phenoxy) is 1. The number of benzene rings is 1. The van der Waals surface area contributed by atoms with Crippen molar-refractivity contribution < 1.29 is 19.2 Å². The molecule has 1 aromatic rings. The SMILES string of the molecule is O=C1CC(=O)OC(c2ccc([N+](=O)[O-])cc2)C1. The summed E-state index contributed by atoms with van der Waals surface area (Å²) in [6.45, 7) is 0. The molecule has 1 unspecified atom stereocenters. The number of nitrogens with zero attached hydrogens (tertiary/aromatic N) is 1. The maximum absolute atomic E-state index is 11.2. The van der Waals surface area contributed by atoms with E-state index in [2.05, 4.69) is 0 Å². The van der Waals surface area contributed by atoms with Crippen molar-refractivity contribution in [1.29, 1.82) is 0 Å². The van der Waals surface area contributed by atoms with Crippen LogP contribution in [0.1, 0.15) is 24.5 Å². The van der Waals surface area contributed by atoms with Gasteiger partial charge in [-0.3, -0.25) is 19.7 Å². The minimum atomic E-state index is -0.621. The van der Waals surface area contributed by atoms with E-state index in [0.717, 1.165) is 0 Å². The monoisotopic (exact) mass is 235 g/mol. The fourth-order valence-corrected chi connectivity index (χ4v) is 1.68. The van der Waals surface area contributed by atoms with Crippen LogP contribution in [0.25, 0.3) is 0 Å². The van der Waals surface area contributed by atoms with E-state index in [-0.39, 0.29) is 24.3 Å². The molecule has 1 atom stereocenters. The number of nitro benzene ring substituents is 1. The average Bonchev–Trinajstić information content (AvgIpc) is 2.28. The summed E-state index contributed by atoms with van der Waals surface area (Å²) >= 11 is 0. The topological polar surface area (TPSA) is 86.5 Å². The lowest BCUT2D eigenvalue weighted by atomic mass is 10.00. The van der Waals surface area contributed by atoms with Crippen LogP contribution in [0, 0.1) is 10.1 Å². The highest BCUT2D eigenvalue weighted by Gasteiger charge is 2.27. The standard InChI is InChI=1S/C11H9NO5/c13-9-5-10(17-11(14)6-9)7-1-3-8(4-2-7)12(15)16/h1-4,10H,5-6H2. The lowest BCUT2D eigenvalue weighted by Gasteiger charge is -2.21. The lowest BCUT2D eigenvalue weighted by molar-refractivity contribution is -0.384. The highest BCUT2D eigenvalue weighted by atomic mass is 16.6. The van der Waals surface area contributed by atoms with E-state index >= 15 is 0 Å². The van der Waals surface area contributed by atoms with Crippen molar-refractivity contribution in [3.63, 3.8) is 0 Å². The number of carbonyl (C=O) groups is 2. The smallest absolute Gasteiger partial charge is 0.313 e. The van der Waals surface area contributed by atoms with Crippen molar-refractivity contribution in [2.45, 2.75) is 18.9 Å². The predicted molar refractivity (Wildman–Crippen MR) is 56.2 cm³/mol. The molecule has 1 heterocycles.